The molecule has 242 valence electrons. The van der Waals surface area contributed by atoms with Crippen molar-refractivity contribution in [3.05, 3.63) is 41.2 Å². The quantitative estimate of drug-likeness (QED) is 0.319. The first-order chi connectivity index (χ1) is 21.1. The molecule has 11 nitrogen and oxygen atoms in total. The molecule has 3 aliphatic rings. The number of hydrogen-bond acceptors (Lipinski definition) is 8. The van der Waals surface area contributed by atoms with Crippen LogP contribution in [-0.4, -0.2) is 77.1 Å². The van der Waals surface area contributed by atoms with Crippen LogP contribution in [0.2, 0.25) is 0 Å². The number of alkyl halides is 5. The predicted molar refractivity (Wildman–Crippen MR) is 150 cm³/mol. The molecule has 4 N–H and O–H groups in total. The van der Waals surface area contributed by atoms with Crippen molar-refractivity contribution < 1.29 is 46.1 Å². The van der Waals surface area contributed by atoms with Gasteiger partial charge in [0.15, 0.2) is 11.6 Å². The van der Waals surface area contributed by atoms with E-state index in [1.165, 1.54) is 31.1 Å². The Hall–Kier alpha value is -4.21. The van der Waals surface area contributed by atoms with Gasteiger partial charge in [-0.05, 0) is 38.0 Å². The number of carbonyl (C=O) groups is 2. The molecule has 45 heavy (non-hydrogen) atoms. The number of pyridine rings is 1. The van der Waals surface area contributed by atoms with Crippen LogP contribution in [0, 0.1) is 0 Å². The molecule has 4 heterocycles. The highest BCUT2D eigenvalue weighted by Gasteiger charge is 2.58. The highest BCUT2D eigenvalue weighted by atomic mass is 19.4. The van der Waals surface area contributed by atoms with Crippen molar-refractivity contribution in [1.82, 2.24) is 20.1 Å². The monoisotopic (exact) mass is 638 g/mol. The maximum absolute atomic E-state index is 14.7. The summed E-state index contributed by atoms with van der Waals surface area (Å²) in [5.41, 5.74) is -0.367. The normalized spacial score (nSPS) is 22.4. The molecule has 2 atom stereocenters. The lowest BCUT2D eigenvalue weighted by Gasteiger charge is -2.35. The first-order valence-electron chi connectivity index (χ1n) is 14.3. The molecule has 2 amide bonds. The van der Waals surface area contributed by atoms with Gasteiger partial charge >= 0.3 is 6.18 Å². The van der Waals surface area contributed by atoms with E-state index in [0.717, 1.165) is 18.9 Å². The fourth-order valence-electron chi connectivity index (χ4n) is 5.62. The topological polar surface area (TPSA) is 145 Å². The van der Waals surface area contributed by atoms with Crippen LogP contribution in [0.1, 0.15) is 60.3 Å². The zero-order valence-corrected chi connectivity index (χ0v) is 24.4. The number of rotatable bonds is 8. The van der Waals surface area contributed by atoms with Crippen LogP contribution < -0.4 is 25.4 Å². The Morgan fingerprint density at radius 3 is 2.49 bits per heavy atom. The van der Waals surface area contributed by atoms with E-state index >= 15 is 0 Å². The molecular formula is C29H31F5N6O5. The summed E-state index contributed by atoms with van der Waals surface area (Å²) >= 11 is 0. The molecule has 16 heteroatoms. The molecule has 1 saturated heterocycles. The molecule has 1 saturated carbocycles. The average molecular weight is 639 g/mol. The van der Waals surface area contributed by atoms with E-state index < -0.39 is 60.0 Å². The molecule has 2 aliphatic heterocycles. The third-order valence-electron chi connectivity index (χ3n) is 8.78. The van der Waals surface area contributed by atoms with E-state index in [1.54, 1.807) is 10.9 Å². The molecule has 6 rings (SSSR count). The molecule has 0 radical (unpaired) electrons. The van der Waals surface area contributed by atoms with Gasteiger partial charge in [0.2, 0.25) is 11.5 Å². The SMILES string of the molecule is COc1cc(C(=O)NCC(O)(c2cc3c(c(N4CCC(F)(F)CC4)n2)OC[C@]3(C)C(N)=O)C(F)(F)F)cc2cn(C3CC3)nc12. The van der Waals surface area contributed by atoms with E-state index in [1.807, 2.05) is 0 Å². The van der Waals surface area contributed by atoms with Gasteiger partial charge in [0.25, 0.3) is 11.8 Å². The summed E-state index contributed by atoms with van der Waals surface area (Å²) in [6.45, 7) is -0.871. The molecule has 0 bridgehead atoms. The number of piperidine rings is 1. The van der Waals surface area contributed by atoms with Crippen LogP contribution in [0.5, 0.6) is 11.5 Å². The third-order valence-corrected chi connectivity index (χ3v) is 8.78. The van der Waals surface area contributed by atoms with Crippen LogP contribution in [0.3, 0.4) is 0 Å². The summed E-state index contributed by atoms with van der Waals surface area (Å²) in [5.74, 6) is -4.90. The number of ether oxygens (including phenoxy) is 2. The molecule has 1 unspecified atom stereocenters. The maximum Gasteiger partial charge on any atom is 0.424 e. The first kappa shape index (κ1) is 30.8. The van der Waals surface area contributed by atoms with Crippen LogP contribution in [0.15, 0.2) is 24.4 Å². The molecular weight excluding hydrogens is 607 g/mol. The van der Waals surface area contributed by atoms with Crippen molar-refractivity contribution in [2.45, 2.75) is 61.8 Å². The Balaban J connectivity index is 1.36. The fourth-order valence-corrected chi connectivity index (χ4v) is 5.62. The molecule has 1 aromatic carbocycles. The van der Waals surface area contributed by atoms with Crippen molar-refractivity contribution in [3.8, 4) is 11.5 Å². The predicted octanol–water partition coefficient (Wildman–Crippen LogP) is 3.33. The minimum Gasteiger partial charge on any atom is -0.494 e. The fraction of sp³-hybridized carbons (Fsp3) is 0.517. The van der Waals surface area contributed by atoms with Crippen LogP contribution in [-0.2, 0) is 15.8 Å². The first-order valence-corrected chi connectivity index (χ1v) is 14.3. The van der Waals surface area contributed by atoms with Crippen molar-refractivity contribution in [2.75, 3.05) is 38.3 Å². The number of fused-ring (bicyclic) bond motifs is 2. The van der Waals surface area contributed by atoms with Gasteiger partial charge in [-0.15, -0.1) is 0 Å². The molecule has 2 fully saturated rings. The number of halogens is 5. The number of nitrogens with zero attached hydrogens (tertiary/aromatic N) is 4. The van der Waals surface area contributed by atoms with Crippen LogP contribution in [0.25, 0.3) is 10.9 Å². The minimum absolute atomic E-state index is 0.0363. The number of methoxy groups -OCH3 is 1. The van der Waals surface area contributed by atoms with E-state index in [-0.39, 0.29) is 54.2 Å². The van der Waals surface area contributed by atoms with Gasteiger partial charge in [-0.1, -0.05) is 0 Å². The number of amides is 2. The van der Waals surface area contributed by atoms with Gasteiger partial charge in [0.1, 0.15) is 23.3 Å². The van der Waals surface area contributed by atoms with Crippen molar-refractivity contribution in [2.24, 2.45) is 5.73 Å². The third kappa shape index (κ3) is 5.27. The van der Waals surface area contributed by atoms with E-state index in [4.69, 9.17) is 15.2 Å². The summed E-state index contributed by atoms with van der Waals surface area (Å²) < 4.78 is 84.8. The molecule has 3 aromatic rings. The van der Waals surface area contributed by atoms with Crippen molar-refractivity contribution in [1.29, 1.82) is 0 Å². The lowest BCUT2D eigenvalue weighted by atomic mass is 9.82. The lowest BCUT2D eigenvalue weighted by Crippen LogP contribution is -2.52. The highest BCUT2D eigenvalue weighted by Crippen LogP contribution is 2.48. The second kappa shape index (κ2) is 10.4. The number of aromatic nitrogens is 3. The zero-order chi connectivity index (χ0) is 32.5. The Labute approximate surface area is 253 Å². The number of carbonyl (C=O) groups excluding carboxylic acids is 2. The van der Waals surface area contributed by atoms with Gasteiger partial charge in [0.05, 0.1) is 25.4 Å². The molecule has 2 aromatic heterocycles. The number of nitrogens with one attached hydrogen (secondary N) is 1. The number of primary amides is 1. The average Bonchev–Trinajstić information content (AvgIpc) is 3.65. The van der Waals surface area contributed by atoms with E-state index in [0.29, 0.717) is 10.9 Å². The minimum atomic E-state index is -5.39. The van der Waals surface area contributed by atoms with E-state index in [9.17, 15) is 36.6 Å². The number of hydrogen-bond donors (Lipinski definition) is 3. The van der Waals surface area contributed by atoms with Gasteiger partial charge in [-0.2, -0.15) is 18.3 Å². The van der Waals surface area contributed by atoms with Crippen LogP contribution >= 0.6 is 0 Å². The largest absolute Gasteiger partial charge is 0.494 e. The number of nitrogens with two attached hydrogens (primary N) is 1. The molecule has 0 spiro atoms. The second-order valence-corrected chi connectivity index (χ2v) is 12.0. The smallest absolute Gasteiger partial charge is 0.424 e. The molecule has 1 aliphatic carbocycles. The Kier molecular flexibility index (Phi) is 7.13. The van der Waals surface area contributed by atoms with Crippen LogP contribution in [0.4, 0.5) is 27.8 Å². The Morgan fingerprint density at radius 1 is 1.20 bits per heavy atom. The second-order valence-electron chi connectivity index (χ2n) is 12.0. The number of aliphatic hydroxyl groups is 1. The van der Waals surface area contributed by atoms with E-state index in [2.05, 4.69) is 15.4 Å². The summed E-state index contributed by atoms with van der Waals surface area (Å²) in [6.07, 6.45) is -2.94. The van der Waals surface area contributed by atoms with Gasteiger partial charge < -0.3 is 30.5 Å². The lowest BCUT2D eigenvalue weighted by molar-refractivity contribution is -0.265. The van der Waals surface area contributed by atoms with Gasteiger partial charge in [-0.3, -0.25) is 14.3 Å². The standard InChI is InChI=1S/C29H31F5N6O5/c1-26(25(35)42)14-45-22-18(26)11-20(37-23(22)39-7-5-27(30,31)6-8-39)28(43,29(32,33)34)13-36-24(41)15-9-16-12-40(17-3-4-17)38-21(16)19(10-15)44-2/h9-12,17,43H,3-8,13-14H2,1-2H3,(H2,35,42)(H,36,41)/t26-,28?/m0/s1. The van der Waals surface area contributed by atoms with Gasteiger partial charge in [-0.25, -0.2) is 13.8 Å². The number of benzene rings is 1. The van der Waals surface area contributed by atoms with Crippen molar-refractivity contribution in [3.63, 3.8) is 0 Å². The summed E-state index contributed by atoms with van der Waals surface area (Å²) in [4.78, 5) is 31.0. The highest BCUT2D eigenvalue weighted by molar-refractivity contribution is 6.00. The zero-order valence-electron chi connectivity index (χ0n) is 24.4. The number of anilines is 1. The summed E-state index contributed by atoms with van der Waals surface area (Å²) in [5, 5.41) is 18.5. The maximum atomic E-state index is 14.7. The van der Waals surface area contributed by atoms with Gasteiger partial charge in [0, 0.05) is 48.6 Å². The summed E-state index contributed by atoms with van der Waals surface area (Å²) in [7, 11) is 1.37. The Bertz CT molecular complexity index is 1680. The summed E-state index contributed by atoms with van der Waals surface area (Å²) in [6, 6.07) is 3.89. The Morgan fingerprint density at radius 2 is 1.89 bits per heavy atom. The van der Waals surface area contributed by atoms with Crippen molar-refractivity contribution >= 4 is 28.5 Å².